The molecule has 1 unspecified atom stereocenters. The topological polar surface area (TPSA) is 186 Å². The Kier molecular flexibility index (Phi) is 8.09. The van der Waals surface area contributed by atoms with Crippen LogP contribution in [0.15, 0.2) is 12.1 Å². The van der Waals surface area contributed by atoms with Crippen molar-refractivity contribution in [2.24, 2.45) is 0 Å². The predicted molar refractivity (Wildman–Crippen MR) is 116 cm³/mol. The first kappa shape index (κ1) is 26.8. The van der Waals surface area contributed by atoms with Gasteiger partial charge in [0, 0.05) is 19.6 Å². The summed E-state index contributed by atoms with van der Waals surface area (Å²) in [5.74, 6) is -7.58. The fraction of sp³-hybridized carbons (Fsp3) is 0.450. The van der Waals surface area contributed by atoms with Crippen LogP contribution in [0.5, 0.6) is 5.75 Å². The van der Waals surface area contributed by atoms with Crippen LogP contribution >= 0.6 is 0 Å². The van der Waals surface area contributed by atoms with Gasteiger partial charge in [-0.15, -0.1) is 0 Å². The number of rotatable bonds is 7. The van der Waals surface area contributed by atoms with Crippen LogP contribution < -0.4 is 15.3 Å². The number of halogens is 2. The SMILES string of the molecule is C[C@@H](O)[C@@H](NC(=O)N1CCN(CCF)C(=O)C1=O)C(=O)NC1Cc2ccc(F)c(C(=O)O)c2OB1O. The molecule has 0 bridgehead atoms. The monoisotopic (exact) mass is 512 g/mol. The Morgan fingerprint density at radius 1 is 1.25 bits per heavy atom. The predicted octanol–water partition coefficient (Wildman–Crippen LogP) is -1.94. The number of nitrogens with zero attached hydrogens (tertiary/aromatic N) is 2. The molecular weight excluding hydrogens is 489 g/mol. The number of carbonyl (C=O) groups is 5. The number of nitrogens with one attached hydrogen (secondary N) is 2. The van der Waals surface area contributed by atoms with Gasteiger partial charge in [-0.3, -0.25) is 19.3 Å². The molecule has 0 aromatic heterocycles. The van der Waals surface area contributed by atoms with Gasteiger partial charge in [-0.2, -0.15) is 0 Å². The van der Waals surface area contributed by atoms with Crippen molar-refractivity contribution in [3.63, 3.8) is 0 Å². The summed E-state index contributed by atoms with van der Waals surface area (Å²) in [5, 5.41) is 34.0. The number of carbonyl (C=O) groups excluding carboxylic acids is 4. The Morgan fingerprint density at radius 2 is 1.94 bits per heavy atom. The molecule has 1 aromatic carbocycles. The highest BCUT2D eigenvalue weighted by molar-refractivity contribution is 6.47. The molecule has 3 rings (SSSR count). The molecule has 16 heteroatoms. The van der Waals surface area contributed by atoms with Crippen LogP contribution in [0.3, 0.4) is 0 Å². The molecular formula is C20H23BF2N4O9. The third kappa shape index (κ3) is 5.38. The van der Waals surface area contributed by atoms with Gasteiger partial charge in [0.25, 0.3) is 0 Å². The molecule has 0 spiro atoms. The van der Waals surface area contributed by atoms with Gasteiger partial charge in [0.2, 0.25) is 5.91 Å². The second-order valence-electron chi connectivity index (χ2n) is 8.15. The Bertz CT molecular complexity index is 1090. The highest BCUT2D eigenvalue weighted by Gasteiger charge is 2.42. The highest BCUT2D eigenvalue weighted by atomic mass is 19.1. The van der Waals surface area contributed by atoms with E-state index in [2.05, 4.69) is 10.6 Å². The van der Waals surface area contributed by atoms with Gasteiger partial charge >= 0.3 is 30.9 Å². The maximum Gasteiger partial charge on any atom is 0.547 e. The quantitative estimate of drug-likeness (QED) is 0.205. The van der Waals surface area contributed by atoms with Crippen LogP contribution in [0.25, 0.3) is 0 Å². The van der Waals surface area contributed by atoms with Gasteiger partial charge in [0.1, 0.15) is 29.8 Å². The summed E-state index contributed by atoms with van der Waals surface area (Å²) >= 11 is 0. The number of carboxylic acids is 1. The van der Waals surface area contributed by atoms with Crippen LogP contribution in [0.4, 0.5) is 13.6 Å². The minimum absolute atomic E-state index is 0.114. The van der Waals surface area contributed by atoms with Crippen molar-refractivity contribution in [1.29, 1.82) is 0 Å². The molecule has 3 atom stereocenters. The maximum absolute atomic E-state index is 13.9. The Labute approximate surface area is 203 Å². The average Bonchev–Trinajstić information content (AvgIpc) is 2.80. The van der Waals surface area contributed by atoms with E-state index >= 15 is 0 Å². The standard InChI is InChI=1S/C20H23BF2N4O9/c1-9(28)14(25-20(34)27-7-6-26(5-4-22)17(30)18(27)31)16(29)24-12-8-10-2-3-11(23)13(19(32)33)15(10)36-21(12)35/h2-3,9,12,14,28,35H,4-8H2,1H3,(H,24,29)(H,25,34)(H,32,33)/t9-,12?,14-/m1/s1. The van der Waals surface area contributed by atoms with Crippen molar-refractivity contribution in [2.45, 2.75) is 31.4 Å². The number of imide groups is 1. The van der Waals surface area contributed by atoms with Crippen molar-refractivity contribution < 1.29 is 52.6 Å². The highest BCUT2D eigenvalue weighted by Crippen LogP contribution is 2.32. The number of hydrogen-bond acceptors (Lipinski definition) is 8. The number of aliphatic hydroxyl groups is 1. The van der Waals surface area contributed by atoms with E-state index in [-0.39, 0.29) is 31.6 Å². The van der Waals surface area contributed by atoms with Gasteiger partial charge in [-0.1, -0.05) is 6.07 Å². The number of piperazine rings is 1. The molecule has 36 heavy (non-hydrogen) atoms. The fourth-order valence-corrected chi connectivity index (χ4v) is 3.83. The first-order valence-corrected chi connectivity index (χ1v) is 10.8. The lowest BCUT2D eigenvalue weighted by Crippen LogP contribution is -2.63. The van der Waals surface area contributed by atoms with Crippen LogP contribution in [0.2, 0.25) is 0 Å². The summed E-state index contributed by atoms with van der Waals surface area (Å²) in [5.41, 5.74) is -0.603. The average molecular weight is 512 g/mol. The van der Waals surface area contributed by atoms with Crippen LogP contribution in [-0.2, 0) is 20.8 Å². The van der Waals surface area contributed by atoms with Crippen molar-refractivity contribution in [2.75, 3.05) is 26.3 Å². The van der Waals surface area contributed by atoms with E-state index < -0.39 is 78.7 Å². The number of benzene rings is 1. The minimum Gasteiger partial charge on any atom is -0.534 e. The molecule has 194 valence electrons. The number of aliphatic hydroxyl groups excluding tert-OH is 1. The maximum atomic E-state index is 13.9. The molecule has 2 aliphatic rings. The first-order valence-electron chi connectivity index (χ1n) is 10.8. The normalized spacial score (nSPS) is 19.2. The van der Waals surface area contributed by atoms with E-state index in [0.29, 0.717) is 4.90 Å². The van der Waals surface area contributed by atoms with Crippen molar-refractivity contribution in [1.82, 2.24) is 20.4 Å². The number of urea groups is 1. The number of aromatic carboxylic acids is 1. The molecule has 13 nitrogen and oxygen atoms in total. The second-order valence-corrected chi connectivity index (χ2v) is 8.15. The van der Waals surface area contributed by atoms with E-state index in [1.54, 1.807) is 0 Å². The second kappa shape index (κ2) is 10.9. The molecule has 1 aromatic rings. The van der Waals surface area contributed by atoms with Crippen LogP contribution in [0, 0.1) is 5.82 Å². The van der Waals surface area contributed by atoms with Crippen LogP contribution in [0.1, 0.15) is 22.8 Å². The van der Waals surface area contributed by atoms with E-state index in [0.717, 1.165) is 11.0 Å². The van der Waals surface area contributed by atoms with Gasteiger partial charge in [0.15, 0.2) is 0 Å². The Morgan fingerprint density at radius 3 is 2.56 bits per heavy atom. The Balaban J connectivity index is 1.70. The Hall–Kier alpha value is -3.79. The molecule has 0 radical (unpaired) electrons. The molecule has 5 amide bonds. The summed E-state index contributed by atoms with van der Waals surface area (Å²) in [6, 6.07) is -0.671. The van der Waals surface area contributed by atoms with Crippen molar-refractivity contribution in [3.05, 3.63) is 29.1 Å². The van der Waals surface area contributed by atoms with E-state index in [1.807, 2.05) is 0 Å². The molecule has 2 heterocycles. The van der Waals surface area contributed by atoms with E-state index in [9.17, 15) is 48.0 Å². The smallest absolute Gasteiger partial charge is 0.534 e. The molecule has 1 saturated heterocycles. The zero-order valence-corrected chi connectivity index (χ0v) is 18.9. The first-order chi connectivity index (χ1) is 17.0. The number of alkyl halides is 1. The molecule has 5 N–H and O–H groups in total. The third-order valence-corrected chi connectivity index (χ3v) is 5.70. The van der Waals surface area contributed by atoms with Gasteiger partial charge in [-0.05, 0) is 25.0 Å². The minimum atomic E-state index is -1.80. The van der Waals surface area contributed by atoms with E-state index in [4.69, 9.17) is 4.65 Å². The summed E-state index contributed by atoms with van der Waals surface area (Å²) in [7, 11) is -1.80. The van der Waals surface area contributed by atoms with Crippen molar-refractivity contribution >= 4 is 36.8 Å². The van der Waals surface area contributed by atoms with Crippen molar-refractivity contribution in [3.8, 4) is 5.75 Å². The number of amides is 5. The summed E-state index contributed by atoms with van der Waals surface area (Å²) in [4.78, 5) is 62.5. The molecule has 0 saturated carbocycles. The lowest BCUT2D eigenvalue weighted by atomic mass is 9.72. The van der Waals surface area contributed by atoms with Crippen LogP contribution in [-0.4, -0.2) is 106 Å². The fourth-order valence-electron chi connectivity index (χ4n) is 3.83. The molecule has 0 aliphatic carbocycles. The van der Waals surface area contributed by atoms with E-state index in [1.165, 1.54) is 13.0 Å². The van der Waals surface area contributed by atoms with Gasteiger partial charge in [-0.25, -0.2) is 18.4 Å². The molecule has 1 fully saturated rings. The largest absolute Gasteiger partial charge is 0.547 e. The zero-order chi connectivity index (χ0) is 26.7. The lowest BCUT2D eigenvalue weighted by Gasteiger charge is -2.34. The number of hydrogen-bond donors (Lipinski definition) is 5. The number of fused-ring (bicyclic) bond motifs is 1. The van der Waals surface area contributed by atoms with Gasteiger partial charge < -0.3 is 35.4 Å². The summed E-state index contributed by atoms with van der Waals surface area (Å²) in [6.07, 6.45) is -1.67. The number of carboxylic acid groups (broad SMARTS) is 1. The van der Waals surface area contributed by atoms with Gasteiger partial charge in [0.05, 0.1) is 12.0 Å². The summed E-state index contributed by atoms with van der Waals surface area (Å²) in [6.45, 7) is -0.393. The third-order valence-electron chi connectivity index (χ3n) is 5.70. The summed E-state index contributed by atoms with van der Waals surface area (Å²) < 4.78 is 31.6. The molecule has 2 aliphatic heterocycles. The zero-order valence-electron chi connectivity index (χ0n) is 18.9. The lowest BCUT2D eigenvalue weighted by molar-refractivity contribution is -0.153.